The van der Waals surface area contributed by atoms with Crippen LogP contribution in [0.25, 0.3) is 0 Å². The van der Waals surface area contributed by atoms with Gasteiger partial charge in [-0.15, -0.1) is 0 Å². The Morgan fingerprint density at radius 3 is 2.38 bits per heavy atom. The molecule has 0 aliphatic carbocycles. The van der Waals surface area contributed by atoms with Crippen molar-refractivity contribution in [1.82, 2.24) is 9.97 Å². The molecule has 0 aliphatic heterocycles. The molecule has 110 valence electrons. The number of nitrogens with one attached hydrogen (secondary N) is 2. The second-order valence-corrected chi connectivity index (χ2v) is 5.67. The maximum absolute atomic E-state index is 11.0. The molecule has 1 aromatic carbocycles. The molecule has 0 fully saturated rings. The lowest BCUT2D eigenvalue weighted by molar-refractivity contribution is -0.114. The van der Waals surface area contributed by atoms with Crippen molar-refractivity contribution in [1.29, 1.82) is 0 Å². The third-order valence-electron chi connectivity index (χ3n) is 2.84. The fraction of sp³-hybridized carbons (Fsp3) is 0.267. The number of hydrogen-bond donors (Lipinski definition) is 2. The van der Waals surface area contributed by atoms with Gasteiger partial charge in [-0.3, -0.25) is 4.79 Å². The van der Waals surface area contributed by atoms with Crippen LogP contribution in [0.5, 0.6) is 0 Å². The number of anilines is 2. The molecule has 0 radical (unpaired) electrons. The molecular formula is C15H18N4OS. The van der Waals surface area contributed by atoms with Crippen LogP contribution in [0.3, 0.4) is 0 Å². The largest absolute Gasteiger partial charge is 0.373 e. The van der Waals surface area contributed by atoms with Gasteiger partial charge in [-0.1, -0.05) is 11.8 Å². The smallest absolute Gasteiger partial charge is 0.221 e. The third-order valence-corrected chi connectivity index (χ3v) is 3.94. The molecule has 0 spiro atoms. The van der Waals surface area contributed by atoms with Crippen LogP contribution < -0.4 is 10.6 Å². The van der Waals surface area contributed by atoms with Crippen LogP contribution in [0.1, 0.15) is 18.3 Å². The van der Waals surface area contributed by atoms with Gasteiger partial charge in [0.2, 0.25) is 5.91 Å². The molecule has 0 atom stereocenters. The standard InChI is InChI=1S/C15H18N4OS/c1-9-14(16-4)17-10(2)18-15(9)21-13-7-5-12(6-8-13)19-11(3)20/h5-8H,1-4H3,(H,19,20)(H,16,17,18). The molecule has 1 heterocycles. The lowest BCUT2D eigenvalue weighted by Gasteiger charge is -2.10. The van der Waals surface area contributed by atoms with E-state index >= 15 is 0 Å². The number of aromatic nitrogens is 2. The number of amides is 1. The summed E-state index contributed by atoms with van der Waals surface area (Å²) in [7, 11) is 1.85. The highest BCUT2D eigenvalue weighted by molar-refractivity contribution is 7.99. The van der Waals surface area contributed by atoms with Gasteiger partial charge in [0.15, 0.2) is 0 Å². The summed E-state index contributed by atoms with van der Waals surface area (Å²) in [5.41, 5.74) is 1.82. The van der Waals surface area contributed by atoms with Crippen molar-refractivity contribution in [2.24, 2.45) is 0 Å². The Morgan fingerprint density at radius 2 is 1.81 bits per heavy atom. The maximum atomic E-state index is 11.0. The van der Waals surface area contributed by atoms with E-state index in [0.29, 0.717) is 0 Å². The Labute approximate surface area is 128 Å². The lowest BCUT2D eigenvalue weighted by Crippen LogP contribution is -2.05. The predicted octanol–water partition coefficient (Wildman–Crippen LogP) is 3.24. The molecule has 2 aromatic rings. The Kier molecular flexibility index (Phi) is 4.80. The zero-order chi connectivity index (χ0) is 15.4. The number of hydrogen-bond acceptors (Lipinski definition) is 5. The fourth-order valence-electron chi connectivity index (χ4n) is 1.87. The number of benzene rings is 1. The number of carbonyl (C=O) groups is 1. The first-order valence-electron chi connectivity index (χ1n) is 6.58. The van der Waals surface area contributed by atoms with E-state index in [4.69, 9.17) is 0 Å². The first-order valence-corrected chi connectivity index (χ1v) is 7.39. The first-order chi connectivity index (χ1) is 9.99. The van der Waals surface area contributed by atoms with Gasteiger partial charge in [0.1, 0.15) is 16.7 Å². The highest BCUT2D eigenvalue weighted by atomic mass is 32.2. The van der Waals surface area contributed by atoms with E-state index < -0.39 is 0 Å². The van der Waals surface area contributed by atoms with Crippen LogP contribution in [0.15, 0.2) is 34.2 Å². The summed E-state index contributed by atoms with van der Waals surface area (Å²) in [5.74, 6) is 1.51. The maximum Gasteiger partial charge on any atom is 0.221 e. The van der Waals surface area contributed by atoms with Crippen LogP contribution in [-0.4, -0.2) is 22.9 Å². The summed E-state index contributed by atoms with van der Waals surface area (Å²) in [6, 6.07) is 7.69. The van der Waals surface area contributed by atoms with Gasteiger partial charge in [0.25, 0.3) is 0 Å². The summed E-state index contributed by atoms with van der Waals surface area (Å²) in [6.45, 7) is 5.37. The summed E-state index contributed by atoms with van der Waals surface area (Å²) >= 11 is 1.58. The Balaban J connectivity index is 2.22. The van der Waals surface area contributed by atoms with Crippen LogP contribution in [0.4, 0.5) is 11.5 Å². The number of nitrogens with zero attached hydrogens (tertiary/aromatic N) is 2. The first kappa shape index (κ1) is 15.3. The van der Waals surface area contributed by atoms with Crippen molar-refractivity contribution in [3.8, 4) is 0 Å². The molecule has 0 saturated heterocycles. The molecule has 0 aliphatic rings. The molecular weight excluding hydrogens is 284 g/mol. The van der Waals surface area contributed by atoms with Gasteiger partial charge in [-0.05, 0) is 38.1 Å². The number of aryl methyl sites for hydroxylation is 1. The average Bonchev–Trinajstić information content (AvgIpc) is 2.44. The highest BCUT2D eigenvalue weighted by Crippen LogP contribution is 2.31. The van der Waals surface area contributed by atoms with E-state index in [9.17, 15) is 4.79 Å². The van der Waals surface area contributed by atoms with Crippen LogP contribution in [-0.2, 0) is 4.79 Å². The van der Waals surface area contributed by atoms with Crippen molar-refractivity contribution in [3.63, 3.8) is 0 Å². The topological polar surface area (TPSA) is 66.9 Å². The molecule has 1 amide bonds. The van der Waals surface area contributed by atoms with Crippen LogP contribution >= 0.6 is 11.8 Å². The predicted molar refractivity (Wildman–Crippen MR) is 85.9 cm³/mol. The summed E-state index contributed by atoms with van der Waals surface area (Å²) in [4.78, 5) is 20.9. The Morgan fingerprint density at radius 1 is 1.14 bits per heavy atom. The van der Waals surface area contributed by atoms with E-state index in [2.05, 4.69) is 20.6 Å². The quantitative estimate of drug-likeness (QED) is 0.849. The molecule has 2 N–H and O–H groups in total. The van der Waals surface area contributed by atoms with E-state index in [-0.39, 0.29) is 5.91 Å². The molecule has 5 nitrogen and oxygen atoms in total. The molecule has 6 heteroatoms. The molecule has 1 aromatic heterocycles. The minimum atomic E-state index is -0.0728. The summed E-state index contributed by atoms with van der Waals surface area (Å²) in [6.07, 6.45) is 0. The molecule has 2 rings (SSSR count). The van der Waals surface area contributed by atoms with Crippen molar-refractivity contribution in [2.45, 2.75) is 30.7 Å². The second-order valence-electron chi connectivity index (χ2n) is 4.61. The number of rotatable bonds is 4. The highest BCUT2D eigenvalue weighted by Gasteiger charge is 2.09. The fourth-order valence-corrected chi connectivity index (χ4v) is 2.79. The second kappa shape index (κ2) is 6.58. The Bertz CT molecular complexity index is 655. The average molecular weight is 302 g/mol. The van der Waals surface area contributed by atoms with Gasteiger partial charge < -0.3 is 10.6 Å². The van der Waals surface area contributed by atoms with Crippen molar-refractivity contribution in [2.75, 3.05) is 17.7 Å². The zero-order valence-corrected chi connectivity index (χ0v) is 13.3. The van der Waals surface area contributed by atoms with Gasteiger partial charge >= 0.3 is 0 Å². The van der Waals surface area contributed by atoms with Crippen LogP contribution in [0, 0.1) is 13.8 Å². The minimum Gasteiger partial charge on any atom is -0.373 e. The van der Waals surface area contributed by atoms with Crippen LogP contribution in [0.2, 0.25) is 0 Å². The molecule has 0 saturated carbocycles. The van der Waals surface area contributed by atoms with Gasteiger partial charge in [0, 0.05) is 30.1 Å². The van der Waals surface area contributed by atoms with Gasteiger partial charge in [-0.25, -0.2) is 9.97 Å². The van der Waals surface area contributed by atoms with Crippen molar-refractivity contribution in [3.05, 3.63) is 35.7 Å². The molecule has 0 unspecified atom stereocenters. The van der Waals surface area contributed by atoms with Gasteiger partial charge in [-0.2, -0.15) is 0 Å². The zero-order valence-electron chi connectivity index (χ0n) is 12.5. The lowest BCUT2D eigenvalue weighted by atomic mass is 10.3. The Hall–Kier alpha value is -2.08. The summed E-state index contributed by atoms with van der Waals surface area (Å²) in [5, 5.41) is 6.76. The normalized spacial score (nSPS) is 10.3. The summed E-state index contributed by atoms with van der Waals surface area (Å²) < 4.78 is 0. The SMILES string of the molecule is CNc1nc(C)nc(Sc2ccc(NC(C)=O)cc2)c1C. The van der Waals surface area contributed by atoms with E-state index in [1.807, 2.05) is 45.2 Å². The van der Waals surface area contributed by atoms with E-state index in [1.54, 1.807) is 11.8 Å². The van der Waals surface area contributed by atoms with Gasteiger partial charge in [0.05, 0.1) is 0 Å². The molecule has 21 heavy (non-hydrogen) atoms. The molecule has 0 bridgehead atoms. The monoisotopic (exact) mass is 302 g/mol. The third kappa shape index (κ3) is 3.95. The number of carbonyl (C=O) groups excluding carboxylic acids is 1. The van der Waals surface area contributed by atoms with Crippen molar-refractivity contribution < 1.29 is 4.79 Å². The van der Waals surface area contributed by atoms with E-state index in [1.165, 1.54) is 6.92 Å². The van der Waals surface area contributed by atoms with E-state index in [0.717, 1.165) is 32.8 Å². The minimum absolute atomic E-state index is 0.0728. The van der Waals surface area contributed by atoms with Crippen molar-refractivity contribution >= 4 is 29.2 Å².